The van der Waals surface area contributed by atoms with Crippen LogP contribution in [0.1, 0.15) is 12.5 Å². The van der Waals surface area contributed by atoms with Crippen molar-refractivity contribution in [3.05, 3.63) is 48.3 Å². The van der Waals surface area contributed by atoms with Crippen molar-refractivity contribution in [3.8, 4) is 0 Å². The fourth-order valence-electron chi connectivity index (χ4n) is 4.05. The molecule has 2 fully saturated rings. The molecule has 32 heavy (non-hydrogen) atoms. The molecule has 0 spiro atoms. The fraction of sp³-hybridized carbons (Fsp3) is 0.522. The van der Waals surface area contributed by atoms with Crippen molar-refractivity contribution in [1.29, 1.82) is 0 Å². The van der Waals surface area contributed by atoms with E-state index in [9.17, 15) is 0 Å². The molecule has 4 rings (SSSR count). The Morgan fingerprint density at radius 3 is 2.28 bits per heavy atom. The lowest BCUT2D eigenvalue weighted by molar-refractivity contribution is 0.312. The van der Waals surface area contributed by atoms with Gasteiger partial charge in [-0.25, -0.2) is 15.0 Å². The Balaban J connectivity index is 0.00000289. The number of anilines is 2. The van der Waals surface area contributed by atoms with Crippen molar-refractivity contribution in [2.24, 2.45) is 4.99 Å². The van der Waals surface area contributed by atoms with Gasteiger partial charge in [0.05, 0.1) is 6.54 Å². The molecule has 2 saturated heterocycles. The third kappa shape index (κ3) is 6.44. The summed E-state index contributed by atoms with van der Waals surface area (Å²) in [6, 6.07) is 10.4. The highest BCUT2D eigenvalue weighted by Crippen LogP contribution is 2.16. The number of nitrogens with zero attached hydrogens (tertiary/aromatic N) is 7. The number of hydrogen-bond donors (Lipinski definition) is 1. The molecule has 0 atom stereocenters. The smallest absolute Gasteiger partial charge is 0.194 e. The molecule has 0 amide bonds. The number of aliphatic imine (C=N–C) groups is 1. The van der Waals surface area contributed by atoms with Crippen LogP contribution in [0.15, 0.2) is 47.7 Å². The second-order valence-corrected chi connectivity index (χ2v) is 8.14. The third-order valence-electron chi connectivity index (χ3n) is 5.94. The van der Waals surface area contributed by atoms with Gasteiger partial charge in [0.2, 0.25) is 0 Å². The average molecular weight is 550 g/mol. The molecule has 2 aromatic heterocycles. The summed E-state index contributed by atoms with van der Waals surface area (Å²) in [6.45, 7) is 11.6. The molecule has 0 radical (unpaired) electrons. The summed E-state index contributed by atoms with van der Waals surface area (Å²) in [4.78, 5) is 23.5. The van der Waals surface area contributed by atoms with Crippen LogP contribution < -0.4 is 15.1 Å². The van der Waals surface area contributed by atoms with Gasteiger partial charge in [-0.3, -0.25) is 0 Å². The average Bonchev–Trinajstić information content (AvgIpc) is 2.83. The van der Waals surface area contributed by atoms with E-state index in [0.717, 1.165) is 76.5 Å². The fourth-order valence-corrected chi connectivity index (χ4v) is 4.05. The first-order chi connectivity index (χ1) is 15.2. The maximum Gasteiger partial charge on any atom is 0.194 e. The Labute approximate surface area is 208 Å². The van der Waals surface area contributed by atoms with Gasteiger partial charge in [-0.1, -0.05) is 6.07 Å². The van der Waals surface area contributed by atoms with Crippen LogP contribution in [0, 0.1) is 0 Å². The highest BCUT2D eigenvalue weighted by molar-refractivity contribution is 14.0. The molecule has 2 aromatic rings. The molecule has 2 aliphatic heterocycles. The third-order valence-corrected chi connectivity index (χ3v) is 5.94. The van der Waals surface area contributed by atoms with Crippen molar-refractivity contribution in [3.63, 3.8) is 0 Å². The van der Waals surface area contributed by atoms with E-state index < -0.39 is 0 Å². The predicted octanol–water partition coefficient (Wildman–Crippen LogP) is 2.13. The van der Waals surface area contributed by atoms with Crippen molar-refractivity contribution in [2.45, 2.75) is 13.5 Å². The van der Waals surface area contributed by atoms with Gasteiger partial charge in [0.1, 0.15) is 11.6 Å². The molecule has 0 unspecified atom stereocenters. The highest BCUT2D eigenvalue weighted by Gasteiger charge is 2.20. The lowest BCUT2D eigenvalue weighted by Gasteiger charge is -2.37. The predicted molar refractivity (Wildman–Crippen MR) is 142 cm³/mol. The normalized spacial score (nSPS) is 17.8. The highest BCUT2D eigenvalue weighted by atomic mass is 127. The Morgan fingerprint density at radius 2 is 1.59 bits per heavy atom. The molecule has 4 heterocycles. The Bertz CT molecular complexity index is 846. The van der Waals surface area contributed by atoms with Crippen LogP contribution in [0.3, 0.4) is 0 Å². The van der Waals surface area contributed by atoms with Gasteiger partial charge in [0.15, 0.2) is 5.96 Å². The molecular weight excluding hydrogens is 515 g/mol. The second kappa shape index (κ2) is 12.2. The van der Waals surface area contributed by atoms with E-state index in [1.54, 1.807) is 0 Å². The zero-order valence-corrected chi connectivity index (χ0v) is 21.5. The van der Waals surface area contributed by atoms with E-state index in [2.05, 4.69) is 67.1 Å². The first-order valence-electron chi connectivity index (χ1n) is 11.3. The molecule has 174 valence electrons. The first-order valence-corrected chi connectivity index (χ1v) is 11.3. The summed E-state index contributed by atoms with van der Waals surface area (Å²) in [5, 5.41) is 3.47. The number of piperazine rings is 2. The molecule has 0 bridgehead atoms. The summed E-state index contributed by atoms with van der Waals surface area (Å²) >= 11 is 0. The monoisotopic (exact) mass is 550 g/mol. The molecule has 0 saturated carbocycles. The molecule has 8 nitrogen and oxygen atoms in total. The molecule has 1 N–H and O–H groups in total. The van der Waals surface area contributed by atoms with Crippen molar-refractivity contribution >= 4 is 41.6 Å². The number of likely N-dealkylation sites (N-methyl/N-ethyl adjacent to an activating group) is 1. The van der Waals surface area contributed by atoms with Gasteiger partial charge in [-0.2, -0.15) is 0 Å². The quantitative estimate of drug-likeness (QED) is 0.348. The molecular formula is C23H35IN8. The topological polar surface area (TPSA) is 63.1 Å². The van der Waals surface area contributed by atoms with Crippen molar-refractivity contribution in [1.82, 2.24) is 25.1 Å². The van der Waals surface area contributed by atoms with Crippen LogP contribution >= 0.6 is 24.0 Å². The number of rotatable bonds is 5. The zero-order chi connectivity index (χ0) is 21.5. The molecule has 9 heteroatoms. The maximum atomic E-state index is 4.95. The first kappa shape index (κ1) is 24.5. The van der Waals surface area contributed by atoms with Gasteiger partial charge >= 0.3 is 0 Å². The maximum absolute atomic E-state index is 4.95. The van der Waals surface area contributed by atoms with Crippen LogP contribution in [0.25, 0.3) is 0 Å². The minimum atomic E-state index is 0. The zero-order valence-electron chi connectivity index (χ0n) is 19.2. The standard InChI is InChI=1S/C23H34N8.HI/c1-3-24-23(31-16-14-29(15-17-31)21-6-4-5-8-25-21)27-19-20-7-9-26-22(18-20)30-12-10-28(2)11-13-30;/h4-9,18H,3,10-17,19H2,1-2H3,(H,24,27);1H. The van der Waals surface area contributed by atoms with Crippen molar-refractivity contribution < 1.29 is 0 Å². The number of aromatic nitrogens is 2. The van der Waals surface area contributed by atoms with E-state index in [1.165, 1.54) is 5.56 Å². The minimum absolute atomic E-state index is 0. The van der Waals surface area contributed by atoms with Gasteiger partial charge in [-0.15, -0.1) is 24.0 Å². The number of halogens is 1. The SMILES string of the molecule is CCNC(=NCc1ccnc(N2CCN(C)CC2)c1)N1CCN(c2ccccn2)CC1.I. The number of pyridine rings is 2. The Morgan fingerprint density at radius 1 is 0.906 bits per heavy atom. The van der Waals surface area contributed by atoms with Crippen LogP contribution in [0.4, 0.5) is 11.6 Å². The van der Waals surface area contributed by atoms with Crippen LogP contribution in [0.5, 0.6) is 0 Å². The van der Waals surface area contributed by atoms with Crippen LogP contribution in [-0.4, -0.2) is 91.7 Å². The molecule has 0 aliphatic carbocycles. The van der Waals surface area contributed by atoms with E-state index in [4.69, 9.17) is 4.99 Å². The molecule has 2 aliphatic rings. The molecule has 0 aromatic carbocycles. The van der Waals surface area contributed by atoms with E-state index in [0.29, 0.717) is 6.54 Å². The van der Waals surface area contributed by atoms with Gasteiger partial charge in [0, 0.05) is 71.3 Å². The number of hydrogen-bond acceptors (Lipinski definition) is 6. The summed E-state index contributed by atoms with van der Waals surface area (Å²) < 4.78 is 0. The van der Waals surface area contributed by atoms with E-state index in [-0.39, 0.29) is 24.0 Å². The second-order valence-electron chi connectivity index (χ2n) is 8.14. The van der Waals surface area contributed by atoms with E-state index in [1.807, 2.05) is 24.5 Å². The van der Waals surface area contributed by atoms with E-state index >= 15 is 0 Å². The van der Waals surface area contributed by atoms with Gasteiger partial charge in [0.25, 0.3) is 0 Å². The van der Waals surface area contributed by atoms with Gasteiger partial charge < -0.3 is 24.9 Å². The number of guanidine groups is 1. The largest absolute Gasteiger partial charge is 0.357 e. The number of nitrogens with one attached hydrogen (secondary N) is 1. The van der Waals surface area contributed by atoms with Crippen LogP contribution in [0.2, 0.25) is 0 Å². The Hall–Kier alpha value is -2.14. The summed E-state index contributed by atoms with van der Waals surface area (Å²) in [5.74, 6) is 3.10. The lowest BCUT2D eigenvalue weighted by atomic mass is 10.2. The summed E-state index contributed by atoms with van der Waals surface area (Å²) in [5.41, 5.74) is 1.20. The van der Waals surface area contributed by atoms with Crippen LogP contribution in [-0.2, 0) is 6.54 Å². The Kier molecular flexibility index (Phi) is 9.34. The lowest BCUT2D eigenvalue weighted by Crippen LogP contribution is -2.52. The van der Waals surface area contributed by atoms with Gasteiger partial charge in [-0.05, 0) is 43.8 Å². The van der Waals surface area contributed by atoms with Crippen molar-refractivity contribution in [2.75, 3.05) is 75.8 Å². The minimum Gasteiger partial charge on any atom is -0.357 e. The summed E-state index contributed by atoms with van der Waals surface area (Å²) in [6.07, 6.45) is 3.77. The summed E-state index contributed by atoms with van der Waals surface area (Å²) in [7, 11) is 2.17.